The van der Waals surface area contributed by atoms with Crippen LogP contribution in [0.5, 0.6) is 5.75 Å². The Hall–Kier alpha value is -2.18. The zero-order chi connectivity index (χ0) is 14.3. The highest BCUT2D eigenvalue weighted by atomic mass is 19.4. The molecule has 4 nitrogen and oxygen atoms in total. The second kappa shape index (κ2) is 4.43. The Kier molecular flexibility index (Phi) is 2.84. The molecule has 2 aromatic rings. The van der Waals surface area contributed by atoms with Crippen molar-refractivity contribution in [2.45, 2.75) is 25.2 Å². The van der Waals surface area contributed by atoms with E-state index in [9.17, 15) is 13.2 Å². The predicted octanol–water partition coefficient (Wildman–Crippen LogP) is 3.37. The first-order chi connectivity index (χ1) is 9.42. The van der Waals surface area contributed by atoms with Gasteiger partial charge in [0.1, 0.15) is 5.75 Å². The van der Waals surface area contributed by atoms with Gasteiger partial charge >= 0.3 is 6.36 Å². The molecule has 3 rings (SSSR count). The molecule has 0 unspecified atom stereocenters. The van der Waals surface area contributed by atoms with Crippen LogP contribution in [0.1, 0.15) is 18.9 Å². The van der Waals surface area contributed by atoms with Gasteiger partial charge in [-0.2, -0.15) is 5.10 Å². The lowest BCUT2D eigenvalue weighted by Gasteiger charge is -2.10. The van der Waals surface area contributed by atoms with Gasteiger partial charge in [0.2, 0.25) is 0 Å². The molecule has 0 spiro atoms. The molecule has 0 radical (unpaired) electrons. The summed E-state index contributed by atoms with van der Waals surface area (Å²) in [5, 5.41) is 4.23. The molecule has 1 aliphatic carbocycles. The lowest BCUT2D eigenvalue weighted by molar-refractivity contribution is -0.274. The predicted molar refractivity (Wildman–Crippen MR) is 67.0 cm³/mol. The molecule has 0 saturated heterocycles. The average molecular weight is 283 g/mol. The van der Waals surface area contributed by atoms with E-state index in [0.717, 1.165) is 24.5 Å². The zero-order valence-electron chi connectivity index (χ0n) is 10.4. The van der Waals surface area contributed by atoms with Gasteiger partial charge in [-0.25, -0.2) is 0 Å². The number of nitrogens with two attached hydrogens (primary N) is 1. The van der Waals surface area contributed by atoms with Crippen LogP contribution in [0.2, 0.25) is 0 Å². The Morgan fingerprint density at radius 1 is 1.30 bits per heavy atom. The van der Waals surface area contributed by atoms with Crippen LogP contribution in [0, 0.1) is 0 Å². The van der Waals surface area contributed by atoms with E-state index >= 15 is 0 Å². The Bertz CT molecular complexity index is 632. The van der Waals surface area contributed by atoms with E-state index < -0.39 is 6.36 Å². The molecular weight excluding hydrogens is 271 g/mol. The fraction of sp³-hybridized carbons (Fsp3) is 0.308. The van der Waals surface area contributed by atoms with Crippen LogP contribution in [0.25, 0.3) is 11.1 Å². The molecule has 1 aromatic carbocycles. The largest absolute Gasteiger partial charge is 0.573 e. The Morgan fingerprint density at radius 3 is 2.65 bits per heavy atom. The van der Waals surface area contributed by atoms with Crippen molar-refractivity contribution in [1.29, 1.82) is 0 Å². The van der Waals surface area contributed by atoms with E-state index in [0.29, 0.717) is 11.6 Å². The third-order valence-electron chi connectivity index (χ3n) is 3.09. The summed E-state index contributed by atoms with van der Waals surface area (Å²) in [5.74, 6) is -0.326. The van der Waals surface area contributed by atoms with Crippen LogP contribution in [0.3, 0.4) is 0 Å². The number of ether oxygens (including phenoxy) is 1. The van der Waals surface area contributed by atoms with Gasteiger partial charge in [-0.15, -0.1) is 13.2 Å². The maximum Gasteiger partial charge on any atom is 0.573 e. The quantitative estimate of drug-likeness (QED) is 0.879. The van der Waals surface area contributed by atoms with E-state index in [1.807, 2.05) is 10.9 Å². The molecule has 0 amide bonds. The van der Waals surface area contributed by atoms with Crippen molar-refractivity contribution in [1.82, 2.24) is 9.78 Å². The topological polar surface area (TPSA) is 53.1 Å². The second-order valence-electron chi connectivity index (χ2n) is 4.74. The number of benzene rings is 1. The van der Waals surface area contributed by atoms with Crippen molar-refractivity contribution in [2.24, 2.45) is 0 Å². The van der Waals surface area contributed by atoms with Crippen molar-refractivity contribution in [3.8, 4) is 16.9 Å². The molecule has 1 heterocycles. The van der Waals surface area contributed by atoms with Crippen molar-refractivity contribution in [3.63, 3.8) is 0 Å². The number of nitrogens with zero attached hydrogens (tertiary/aromatic N) is 2. The molecule has 1 aliphatic rings. The summed E-state index contributed by atoms with van der Waals surface area (Å²) in [6.45, 7) is 0. The number of anilines is 1. The normalized spacial score (nSPS) is 15.3. The Morgan fingerprint density at radius 2 is 2.05 bits per heavy atom. The molecule has 1 saturated carbocycles. The van der Waals surface area contributed by atoms with Gasteiger partial charge in [-0.1, -0.05) is 0 Å². The van der Waals surface area contributed by atoms with E-state index in [2.05, 4.69) is 9.84 Å². The minimum atomic E-state index is -4.72. The van der Waals surface area contributed by atoms with Gasteiger partial charge in [-0.05, 0) is 25.0 Å². The first-order valence-electron chi connectivity index (χ1n) is 6.12. The van der Waals surface area contributed by atoms with Gasteiger partial charge in [0.25, 0.3) is 0 Å². The van der Waals surface area contributed by atoms with Gasteiger partial charge in [0, 0.05) is 29.1 Å². The Labute approximate surface area is 112 Å². The van der Waals surface area contributed by atoms with Crippen molar-refractivity contribution in [2.75, 3.05) is 5.73 Å². The molecule has 20 heavy (non-hydrogen) atoms. The van der Waals surface area contributed by atoms with Crippen molar-refractivity contribution < 1.29 is 17.9 Å². The molecular formula is C13H12F3N3O. The fourth-order valence-corrected chi connectivity index (χ4v) is 2.02. The number of alkyl halides is 3. The molecule has 0 aliphatic heterocycles. The molecule has 2 N–H and O–H groups in total. The maximum atomic E-state index is 12.1. The lowest BCUT2D eigenvalue weighted by Crippen LogP contribution is -2.17. The van der Waals surface area contributed by atoms with Gasteiger partial charge in [0.15, 0.2) is 0 Å². The molecule has 1 fully saturated rings. The first kappa shape index (κ1) is 12.8. The van der Waals surface area contributed by atoms with Crippen LogP contribution in [0.15, 0.2) is 30.6 Å². The molecule has 0 bridgehead atoms. The highest BCUT2D eigenvalue weighted by Crippen LogP contribution is 2.36. The van der Waals surface area contributed by atoms with Gasteiger partial charge in [0.05, 0.1) is 12.2 Å². The summed E-state index contributed by atoms with van der Waals surface area (Å²) >= 11 is 0. The third kappa shape index (κ3) is 2.71. The van der Waals surface area contributed by atoms with Crippen LogP contribution in [-0.2, 0) is 0 Å². The van der Waals surface area contributed by atoms with E-state index in [1.54, 1.807) is 6.20 Å². The summed E-state index contributed by atoms with van der Waals surface area (Å²) < 4.78 is 42.0. The number of nitrogen functional groups attached to an aromatic ring is 1. The number of halogens is 3. The van der Waals surface area contributed by atoms with Gasteiger partial charge in [-0.3, -0.25) is 4.68 Å². The summed E-state index contributed by atoms with van der Waals surface area (Å²) in [6, 6.07) is 4.35. The number of hydrogen-bond donors (Lipinski definition) is 1. The maximum absolute atomic E-state index is 12.1. The Balaban J connectivity index is 1.86. The zero-order valence-corrected chi connectivity index (χ0v) is 10.4. The first-order valence-corrected chi connectivity index (χ1v) is 6.12. The van der Waals surface area contributed by atoms with Crippen LogP contribution >= 0.6 is 0 Å². The lowest BCUT2D eigenvalue weighted by atomic mass is 10.1. The third-order valence-corrected chi connectivity index (χ3v) is 3.09. The van der Waals surface area contributed by atoms with Crippen molar-refractivity contribution >= 4 is 5.69 Å². The van der Waals surface area contributed by atoms with Crippen LogP contribution in [-0.4, -0.2) is 16.1 Å². The SMILES string of the molecule is Nc1cc(OC(F)(F)F)ccc1-c1cnn(C2CC2)c1. The minimum absolute atomic E-state index is 0.224. The fourth-order valence-electron chi connectivity index (χ4n) is 2.02. The molecule has 7 heteroatoms. The van der Waals surface area contributed by atoms with Gasteiger partial charge < -0.3 is 10.5 Å². The smallest absolute Gasteiger partial charge is 0.406 e. The van der Waals surface area contributed by atoms with Crippen molar-refractivity contribution in [3.05, 3.63) is 30.6 Å². The number of aromatic nitrogens is 2. The second-order valence-corrected chi connectivity index (χ2v) is 4.74. The van der Waals surface area contributed by atoms with Crippen LogP contribution < -0.4 is 10.5 Å². The average Bonchev–Trinajstić information content (AvgIpc) is 3.07. The summed E-state index contributed by atoms with van der Waals surface area (Å²) in [5.41, 5.74) is 7.44. The highest BCUT2D eigenvalue weighted by molar-refractivity contribution is 5.76. The van der Waals surface area contributed by atoms with E-state index in [-0.39, 0.29) is 11.4 Å². The standard InChI is InChI=1S/C13H12F3N3O/c14-13(15,16)20-10-3-4-11(12(17)5-10)8-6-18-19(7-8)9-1-2-9/h3-7,9H,1-2,17H2. The molecule has 1 aromatic heterocycles. The molecule has 0 atom stereocenters. The number of hydrogen-bond acceptors (Lipinski definition) is 3. The minimum Gasteiger partial charge on any atom is -0.406 e. The monoisotopic (exact) mass is 283 g/mol. The van der Waals surface area contributed by atoms with Crippen LogP contribution in [0.4, 0.5) is 18.9 Å². The number of rotatable bonds is 3. The van der Waals surface area contributed by atoms with E-state index in [1.165, 1.54) is 12.1 Å². The highest BCUT2D eigenvalue weighted by Gasteiger charge is 2.31. The summed E-state index contributed by atoms with van der Waals surface area (Å²) in [6.07, 6.45) is 1.01. The van der Waals surface area contributed by atoms with E-state index in [4.69, 9.17) is 5.73 Å². The molecule has 106 valence electrons. The summed E-state index contributed by atoms with van der Waals surface area (Å²) in [7, 11) is 0. The summed E-state index contributed by atoms with van der Waals surface area (Å²) in [4.78, 5) is 0.